The number of hydrogen-bond acceptors (Lipinski definition) is 4. The average molecular weight is 208 g/mol. The van der Waals surface area contributed by atoms with E-state index < -0.39 is 5.97 Å². The highest BCUT2D eigenvalue weighted by Gasteiger charge is 2.07. The molecule has 0 spiro atoms. The summed E-state index contributed by atoms with van der Waals surface area (Å²) in [6.45, 7) is 1.96. The van der Waals surface area contributed by atoms with Crippen LogP contribution in [0.5, 0.6) is 0 Å². The highest BCUT2D eigenvalue weighted by molar-refractivity contribution is 5.99. The molecule has 0 saturated heterocycles. The van der Waals surface area contributed by atoms with Crippen LogP contribution in [0.2, 0.25) is 0 Å². The Kier molecular flexibility index (Phi) is 3.79. The second kappa shape index (κ2) is 5.09. The van der Waals surface area contributed by atoms with Crippen LogP contribution in [0.4, 0.5) is 0 Å². The molecule has 5 nitrogen and oxygen atoms in total. The minimum absolute atomic E-state index is 0.118. The molecule has 0 aliphatic carbocycles. The average Bonchev–Trinajstić information content (AvgIpc) is 2.26. The van der Waals surface area contributed by atoms with Crippen LogP contribution in [-0.2, 0) is 0 Å². The molecule has 0 aliphatic rings. The first-order valence-corrected chi connectivity index (χ1v) is 4.59. The molecule has 0 amide bonds. The number of pyridine rings is 1. The normalized spacial score (nSPS) is 11.4. The highest BCUT2D eigenvalue weighted by atomic mass is 16.4. The summed E-state index contributed by atoms with van der Waals surface area (Å²) in [6.07, 6.45) is 2.69. The lowest BCUT2D eigenvalue weighted by Crippen LogP contribution is -2.05. The van der Waals surface area contributed by atoms with E-state index >= 15 is 0 Å². The maximum Gasteiger partial charge on any atom is 0.337 e. The van der Waals surface area contributed by atoms with Crippen molar-refractivity contribution in [3.8, 4) is 0 Å². The van der Waals surface area contributed by atoms with Gasteiger partial charge < -0.3 is 10.3 Å². The van der Waals surface area contributed by atoms with E-state index in [0.717, 1.165) is 6.42 Å². The van der Waals surface area contributed by atoms with E-state index in [9.17, 15) is 4.79 Å². The van der Waals surface area contributed by atoms with Gasteiger partial charge in [-0.1, -0.05) is 18.5 Å². The van der Waals surface area contributed by atoms with Crippen LogP contribution in [0.1, 0.15) is 35.8 Å². The number of rotatable bonds is 4. The van der Waals surface area contributed by atoms with Crippen LogP contribution in [-0.4, -0.2) is 27.0 Å². The second-order valence-electron chi connectivity index (χ2n) is 3.03. The summed E-state index contributed by atoms with van der Waals surface area (Å²) in [4.78, 5) is 14.5. The number of nitrogens with zero attached hydrogens (tertiary/aromatic N) is 2. The molecule has 1 aromatic heterocycles. The standard InChI is InChI=1S/C10H12N2O3/c1-2-3-9(12-15)8-5-4-7(6-11-8)10(13)14/h4-6,15H,2-3H2,1H3,(H,13,14)/b12-9+. The quantitative estimate of drug-likeness (QED) is 0.448. The van der Waals surface area contributed by atoms with Gasteiger partial charge in [0.1, 0.15) is 5.71 Å². The first-order valence-electron chi connectivity index (χ1n) is 4.59. The van der Waals surface area contributed by atoms with E-state index in [2.05, 4.69) is 10.1 Å². The van der Waals surface area contributed by atoms with Crippen molar-refractivity contribution < 1.29 is 15.1 Å². The lowest BCUT2D eigenvalue weighted by atomic mass is 10.1. The molecule has 15 heavy (non-hydrogen) atoms. The van der Waals surface area contributed by atoms with Gasteiger partial charge in [0.2, 0.25) is 0 Å². The summed E-state index contributed by atoms with van der Waals surface area (Å²) in [5.41, 5.74) is 1.09. The SMILES string of the molecule is CCC/C(=N\O)c1ccc(C(=O)O)cn1. The molecule has 5 heteroatoms. The number of hydrogen-bond donors (Lipinski definition) is 2. The van der Waals surface area contributed by atoms with Crippen LogP contribution in [0.15, 0.2) is 23.5 Å². The number of carboxylic acid groups (broad SMARTS) is 1. The van der Waals surface area contributed by atoms with Crippen molar-refractivity contribution in [1.29, 1.82) is 0 Å². The molecule has 0 saturated carbocycles. The van der Waals surface area contributed by atoms with E-state index in [1.165, 1.54) is 18.3 Å². The van der Waals surface area contributed by atoms with E-state index in [4.69, 9.17) is 10.3 Å². The molecule has 2 N–H and O–H groups in total. The van der Waals surface area contributed by atoms with Crippen molar-refractivity contribution in [2.75, 3.05) is 0 Å². The summed E-state index contributed by atoms with van der Waals surface area (Å²) in [5, 5.41) is 20.5. The summed E-state index contributed by atoms with van der Waals surface area (Å²) in [6, 6.07) is 2.97. The van der Waals surface area contributed by atoms with Crippen LogP contribution in [0.25, 0.3) is 0 Å². The van der Waals surface area contributed by atoms with E-state index in [1.807, 2.05) is 6.92 Å². The minimum atomic E-state index is -1.02. The molecule has 0 atom stereocenters. The van der Waals surface area contributed by atoms with Gasteiger partial charge in [-0.25, -0.2) is 4.79 Å². The fraction of sp³-hybridized carbons (Fsp3) is 0.300. The van der Waals surface area contributed by atoms with Gasteiger partial charge in [0.15, 0.2) is 0 Å². The summed E-state index contributed by atoms with van der Waals surface area (Å²) in [5.74, 6) is -1.02. The molecule has 1 aromatic rings. The third-order valence-corrected chi connectivity index (χ3v) is 1.91. The number of carboxylic acids is 1. The minimum Gasteiger partial charge on any atom is -0.478 e. The van der Waals surface area contributed by atoms with Gasteiger partial charge in [0.05, 0.1) is 11.3 Å². The van der Waals surface area contributed by atoms with Gasteiger partial charge >= 0.3 is 5.97 Å². The third kappa shape index (κ3) is 2.77. The van der Waals surface area contributed by atoms with E-state index in [1.54, 1.807) is 0 Å². The highest BCUT2D eigenvalue weighted by Crippen LogP contribution is 2.05. The zero-order valence-electron chi connectivity index (χ0n) is 8.34. The van der Waals surface area contributed by atoms with Crippen molar-refractivity contribution in [2.45, 2.75) is 19.8 Å². The van der Waals surface area contributed by atoms with Crippen LogP contribution in [0.3, 0.4) is 0 Å². The van der Waals surface area contributed by atoms with Crippen LogP contribution >= 0.6 is 0 Å². The topological polar surface area (TPSA) is 82.8 Å². The van der Waals surface area contributed by atoms with Crippen LogP contribution in [0, 0.1) is 0 Å². The molecule has 0 fully saturated rings. The van der Waals surface area contributed by atoms with Gasteiger partial charge in [-0.3, -0.25) is 4.98 Å². The monoisotopic (exact) mass is 208 g/mol. The van der Waals surface area contributed by atoms with E-state index in [0.29, 0.717) is 17.8 Å². The van der Waals surface area contributed by atoms with Crippen molar-refractivity contribution in [3.63, 3.8) is 0 Å². The third-order valence-electron chi connectivity index (χ3n) is 1.91. The molecule has 0 aromatic carbocycles. The Labute approximate surface area is 87.1 Å². The molecular formula is C10H12N2O3. The molecular weight excluding hydrogens is 196 g/mol. The lowest BCUT2D eigenvalue weighted by Gasteiger charge is -2.01. The van der Waals surface area contributed by atoms with Crippen molar-refractivity contribution in [1.82, 2.24) is 4.98 Å². The smallest absolute Gasteiger partial charge is 0.337 e. The summed E-state index contributed by atoms with van der Waals surface area (Å²) in [7, 11) is 0. The van der Waals surface area contributed by atoms with Crippen molar-refractivity contribution >= 4 is 11.7 Å². The second-order valence-corrected chi connectivity index (χ2v) is 3.03. The molecule has 1 rings (SSSR count). The van der Waals surface area contributed by atoms with Gasteiger partial charge in [-0.2, -0.15) is 0 Å². The van der Waals surface area contributed by atoms with Crippen molar-refractivity contribution in [3.05, 3.63) is 29.6 Å². The largest absolute Gasteiger partial charge is 0.478 e. The number of carbonyl (C=O) groups is 1. The fourth-order valence-corrected chi connectivity index (χ4v) is 1.16. The Hall–Kier alpha value is -1.91. The molecule has 0 aliphatic heterocycles. The van der Waals surface area contributed by atoms with Crippen LogP contribution < -0.4 is 0 Å². The Morgan fingerprint density at radius 2 is 2.27 bits per heavy atom. The molecule has 0 bridgehead atoms. The van der Waals surface area contributed by atoms with Gasteiger partial charge in [-0.15, -0.1) is 0 Å². The molecule has 80 valence electrons. The molecule has 0 unspecified atom stereocenters. The molecule has 1 heterocycles. The zero-order chi connectivity index (χ0) is 11.3. The lowest BCUT2D eigenvalue weighted by molar-refractivity contribution is 0.0696. The number of aromatic carboxylic acids is 1. The maximum absolute atomic E-state index is 10.6. The van der Waals surface area contributed by atoms with Crippen molar-refractivity contribution in [2.24, 2.45) is 5.16 Å². The predicted molar refractivity (Wildman–Crippen MR) is 54.4 cm³/mol. The first-order chi connectivity index (χ1) is 7.19. The Morgan fingerprint density at radius 1 is 1.53 bits per heavy atom. The summed E-state index contributed by atoms with van der Waals surface area (Å²) >= 11 is 0. The predicted octanol–water partition coefficient (Wildman–Crippen LogP) is 1.76. The fourth-order valence-electron chi connectivity index (χ4n) is 1.16. The first kappa shape index (κ1) is 11.2. The Morgan fingerprint density at radius 3 is 2.67 bits per heavy atom. The maximum atomic E-state index is 10.6. The molecule has 0 radical (unpaired) electrons. The van der Waals surface area contributed by atoms with Gasteiger partial charge in [0.25, 0.3) is 0 Å². The number of aromatic nitrogens is 1. The number of oxime groups is 1. The Bertz CT molecular complexity index is 371. The van der Waals surface area contributed by atoms with Gasteiger partial charge in [-0.05, 0) is 18.6 Å². The summed E-state index contributed by atoms with van der Waals surface area (Å²) < 4.78 is 0. The van der Waals surface area contributed by atoms with Gasteiger partial charge in [0, 0.05) is 6.20 Å². The Balaban J connectivity index is 2.92. The zero-order valence-corrected chi connectivity index (χ0v) is 8.34. The van der Waals surface area contributed by atoms with E-state index in [-0.39, 0.29) is 5.56 Å².